The van der Waals surface area contributed by atoms with E-state index < -0.39 is 0 Å². The van der Waals surface area contributed by atoms with Crippen molar-refractivity contribution < 1.29 is 4.52 Å². The lowest BCUT2D eigenvalue weighted by Gasteiger charge is -2.25. The minimum absolute atomic E-state index is 0.259. The van der Waals surface area contributed by atoms with Crippen molar-refractivity contribution in [2.24, 2.45) is 5.41 Å². The third-order valence-corrected chi connectivity index (χ3v) is 2.89. The van der Waals surface area contributed by atoms with Gasteiger partial charge in [-0.15, -0.1) is 0 Å². The van der Waals surface area contributed by atoms with Crippen LogP contribution in [0.2, 0.25) is 0 Å². The zero-order valence-corrected chi connectivity index (χ0v) is 12.0. The maximum absolute atomic E-state index is 5.25. The Kier molecular flexibility index (Phi) is 3.77. The van der Waals surface area contributed by atoms with Crippen molar-refractivity contribution in [2.75, 3.05) is 13.6 Å². The fourth-order valence-electron chi connectivity index (χ4n) is 1.85. The van der Waals surface area contributed by atoms with Crippen LogP contribution in [0, 0.1) is 5.41 Å². The Bertz CT molecular complexity index is 486. The lowest BCUT2D eigenvalue weighted by Crippen LogP contribution is -2.28. The average molecular weight is 266 g/mol. The highest BCUT2D eigenvalue weighted by atomic mass is 32.1. The van der Waals surface area contributed by atoms with Gasteiger partial charge in [0.1, 0.15) is 0 Å². The largest absolute Gasteiger partial charge is 0.338 e. The summed E-state index contributed by atoms with van der Waals surface area (Å²) in [6, 6.07) is 0. The Morgan fingerprint density at radius 2 is 2.17 bits per heavy atom. The van der Waals surface area contributed by atoms with Crippen molar-refractivity contribution in [3.8, 4) is 11.4 Å². The molecule has 0 radical (unpaired) electrons. The molecule has 2 aromatic rings. The molecule has 0 bridgehead atoms. The van der Waals surface area contributed by atoms with Crippen molar-refractivity contribution >= 4 is 11.5 Å². The van der Waals surface area contributed by atoms with Gasteiger partial charge in [-0.2, -0.15) is 4.98 Å². The van der Waals surface area contributed by atoms with Crippen LogP contribution in [0.15, 0.2) is 16.1 Å². The van der Waals surface area contributed by atoms with Gasteiger partial charge in [-0.1, -0.05) is 25.9 Å². The first-order valence-electron chi connectivity index (χ1n) is 5.85. The van der Waals surface area contributed by atoms with Gasteiger partial charge in [-0.3, -0.25) is 4.90 Å². The van der Waals surface area contributed by atoms with E-state index in [0.29, 0.717) is 18.3 Å². The monoisotopic (exact) mass is 266 g/mol. The molecule has 98 valence electrons. The van der Waals surface area contributed by atoms with Crippen LogP contribution in [0.3, 0.4) is 0 Å². The highest BCUT2D eigenvalue weighted by molar-refractivity contribution is 7.03. The molecule has 0 atom stereocenters. The molecule has 5 nitrogen and oxygen atoms in total. The topological polar surface area (TPSA) is 55.1 Å². The number of hydrogen-bond donors (Lipinski definition) is 0. The molecule has 0 aromatic carbocycles. The van der Waals surface area contributed by atoms with Crippen LogP contribution < -0.4 is 0 Å². The van der Waals surface area contributed by atoms with Gasteiger partial charge in [0.15, 0.2) is 0 Å². The number of hydrogen-bond acceptors (Lipinski definition) is 6. The quantitative estimate of drug-likeness (QED) is 0.851. The summed E-state index contributed by atoms with van der Waals surface area (Å²) < 4.78 is 9.27. The van der Waals surface area contributed by atoms with Gasteiger partial charge in [0.05, 0.1) is 18.3 Å². The van der Waals surface area contributed by atoms with Crippen LogP contribution in [-0.4, -0.2) is 33.0 Å². The average Bonchev–Trinajstić information content (AvgIpc) is 2.82. The van der Waals surface area contributed by atoms with Crippen LogP contribution in [0.5, 0.6) is 0 Å². The summed E-state index contributed by atoms with van der Waals surface area (Å²) in [5.41, 5.74) is 1.17. The molecule has 2 rings (SSSR count). The zero-order valence-electron chi connectivity index (χ0n) is 11.2. The molecule has 0 aliphatic heterocycles. The van der Waals surface area contributed by atoms with E-state index in [4.69, 9.17) is 4.52 Å². The summed E-state index contributed by atoms with van der Waals surface area (Å²) in [6.45, 7) is 8.27. The van der Waals surface area contributed by atoms with Crippen molar-refractivity contribution in [1.82, 2.24) is 19.4 Å². The van der Waals surface area contributed by atoms with Crippen LogP contribution in [0.4, 0.5) is 0 Å². The fourth-order valence-corrected chi connectivity index (χ4v) is 2.36. The Balaban J connectivity index is 1.99. The summed E-state index contributed by atoms with van der Waals surface area (Å²) in [6.07, 6.45) is 1.75. The van der Waals surface area contributed by atoms with Crippen molar-refractivity contribution in [2.45, 2.75) is 27.3 Å². The summed E-state index contributed by atoms with van der Waals surface area (Å²) in [5, 5.41) is 5.87. The molecular formula is C12H18N4OS. The predicted molar refractivity (Wildman–Crippen MR) is 71.2 cm³/mol. The third kappa shape index (κ3) is 3.61. The fraction of sp³-hybridized carbons (Fsp3) is 0.583. The molecule has 0 unspecified atom stereocenters. The molecule has 0 saturated heterocycles. The van der Waals surface area contributed by atoms with Crippen molar-refractivity contribution in [3.63, 3.8) is 0 Å². The lowest BCUT2D eigenvalue weighted by atomic mass is 9.96. The Hall–Kier alpha value is -1.27. The molecule has 0 fully saturated rings. The van der Waals surface area contributed by atoms with Gasteiger partial charge in [-0.05, 0) is 24.0 Å². The molecule has 2 heterocycles. The molecule has 0 aliphatic carbocycles. The summed E-state index contributed by atoms with van der Waals surface area (Å²) >= 11 is 1.38. The Morgan fingerprint density at radius 3 is 2.78 bits per heavy atom. The van der Waals surface area contributed by atoms with E-state index in [-0.39, 0.29) is 5.41 Å². The van der Waals surface area contributed by atoms with E-state index in [1.807, 2.05) is 5.38 Å². The van der Waals surface area contributed by atoms with E-state index in [1.54, 1.807) is 6.20 Å². The first-order chi connectivity index (χ1) is 8.44. The first-order valence-corrected chi connectivity index (χ1v) is 6.68. The van der Waals surface area contributed by atoms with Crippen molar-refractivity contribution in [3.05, 3.63) is 17.5 Å². The number of nitrogens with zero attached hydrogens (tertiary/aromatic N) is 4. The van der Waals surface area contributed by atoms with Crippen LogP contribution >= 0.6 is 11.5 Å². The SMILES string of the molecule is CN(Cc1nc(-c2cnsc2)no1)CC(C)(C)C. The minimum Gasteiger partial charge on any atom is -0.338 e. The minimum atomic E-state index is 0.259. The van der Waals surface area contributed by atoms with Crippen LogP contribution in [-0.2, 0) is 6.54 Å². The zero-order chi connectivity index (χ0) is 13.2. The van der Waals surface area contributed by atoms with Gasteiger partial charge < -0.3 is 4.52 Å². The second kappa shape index (κ2) is 5.16. The lowest BCUT2D eigenvalue weighted by molar-refractivity contribution is 0.198. The molecule has 0 saturated carbocycles. The molecule has 18 heavy (non-hydrogen) atoms. The smallest absolute Gasteiger partial charge is 0.241 e. The molecule has 0 amide bonds. The summed E-state index contributed by atoms with van der Waals surface area (Å²) in [5.74, 6) is 1.26. The molecule has 6 heteroatoms. The van der Waals surface area contributed by atoms with Gasteiger partial charge >= 0.3 is 0 Å². The molecule has 2 aromatic heterocycles. The van der Waals surface area contributed by atoms with Gasteiger partial charge in [0.25, 0.3) is 0 Å². The number of aromatic nitrogens is 3. The van der Waals surface area contributed by atoms with E-state index >= 15 is 0 Å². The normalized spacial score (nSPS) is 12.3. The summed E-state index contributed by atoms with van der Waals surface area (Å²) in [7, 11) is 2.06. The predicted octanol–water partition coefficient (Wildman–Crippen LogP) is 2.67. The highest BCUT2D eigenvalue weighted by Gasteiger charge is 2.16. The summed E-state index contributed by atoms with van der Waals surface area (Å²) in [4.78, 5) is 6.55. The molecular weight excluding hydrogens is 248 g/mol. The van der Waals surface area contributed by atoms with Crippen LogP contribution in [0.1, 0.15) is 26.7 Å². The maximum Gasteiger partial charge on any atom is 0.241 e. The van der Waals surface area contributed by atoms with E-state index in [0.717, 1.165) is 12.1 Å². The number of rotatable bonds is 4. The molecule has 0 N–H and O–H groups in total. The van der Waals surface area contributed by atoms with Gasteiger partial charge in [0.2, 0.25) is 11.7 Å². The van der Waals surface area contributed by atoms with Crippen LogP contribution in [0.25, 0.3) is 11.4 Å². The van der Waals surface area contributed by atoms with E-state index in [1.165, 1.54) is 11.5 Å². The van der Waals surface area contributed by atoms with Gasteiger partial charge in [-0.25, -0.2) is 4.37 Å². The van der Waals surface area contributed by atoms with Gasteiger partial charge in [0, 0.05) is 11.9 Å². The Labute approximate surface area is 111 Å². The highest BCUT2D eigenvalue weighted by Crippen LogP contribution is 2.18. The maximum atomic E-state index is 5.25. The molecule has 0 aliphatic rings. The first kappa shape index (κ1) is 13.2. The van der Waals surface area contributed by atoms with E-state index in [2.05, 4.69) is 47.2 Å². The molecule has 0 spiro atoms. The second-order valence-electron chi connectivity index (χ2n) is 5.66. The standard InChI is InChI=1S/C12H18N4OS/c1-12(2,3)8-16(4)6-10-14-11(15-17-10)9-5-13-18-7-9/h5,7H,6,8H2,1-4H3. The van der Waals surface area contributed by atoms with Crippen molar-refractivity contribution in [1.29, 1.82) is 0 Å². The third-order valence-electron chi connectivity index (χ3n) is 2.31. The van der Waals surface area contributed by atoms with E-state index in [9.17, 15) is 0 Å². The second-order valence-corrected chi connectivity index (χ2v) is 6.32. The Morgan fingerprint density at radius 1 is 1.39 bits per heavy atom.